The standard InChI is InChI=1S/C14H20F2N4O4/c1-3-6-10(15)23-13(21)18-12(20-9-5-8-17-20)19-14(22)24-11(16)7-4-2/h5,8-11H,3-4,6-7H2,1-2H3,(H,18,19,21,22). The SMILES string of the molecule is CCCC(F)OC(=O)N=C(NC(=O)OC(F)CCC)n1cccn1. The Morgan fingerprint density at radius 1 is 1.21 bits per heavy atom. The van der Waals surface area contributed by atoms with E-state index in [2.05, 4.69) is 24.9 Å². The lowest BCUT2D eigenvalue weighted by atomic mass is 10.3. The number of rotatable bonds is 6. The highest BCUT2D eigenvalue weighted by Crippen LogP contribution is 2.06. The number of carbonyl (C=O) groups is 2. The maximum absolute atomic E-state index is 13.3. The normalized spacial score (nSPS) is 13.9. The molecule has 10 heteroatoms. The lowest BCUT2D eigenvalue weighted by Gasteiger charge is -2.12. The van der Waals surface area contributed by atoms with Crippen LogP contribution in [-0.4, -0.2) is 40.6 Å². The third-order valence-corrected chi connectivity index (χ3v) is 2.63. The third-order valence-electron chi connectivity index (χ3n) is 2.63. The highest BCUT2D eigenvalue weighted by atomic mass is 19.1. The summed E-state index contributed by atoms with van der Waals surface area (Å²) in [5, 5.41) is 5.84. The molecule has 2 unspecified atom stereocenters. The van der Waals surface area contributed by atoms with Gasteiger partial charge in [-0.15, -0.1) is 4.99 Å². The molecule has 0 spiro atoms. The number of halogens is 2. The highest BCUT2D eigenvalue weighted by Gasteiger charge is 2.18. The molecule has 134 valence electrons. The summed E-state index contributed by atoms with van der Waals surface area (Å²) >= 11 is 0. The summed E-state index contributed by atoms with van der Waals surface area (Å²) in [6.07, 6.45) is -2.28. The second kappa shape index (κ2) is 10.3. The van der Waals surface area contributed by atoms with E-state index in [9.17, 15) is 18.4 Å². The number of nitrogens with zero attached hydrogens (tertiary/aromatic N) is 3. The van der Waals surface area contributed by atoms with E-state index in [0.717, 1.165) is 4.68 Å². The molecule has 24 heavy (non-hydrogen) atoms. The number of aliphatic imine (C=N–C) groups is 1. The molecule has 1 rings (SSSR count). The van der Waals surface area contributed by atoms with Crippen molar-refractivity contribution in [2.24, 2.45) is 4.99 Å². The van der Waals surface area contributed by atoms with Crippen LogP contribution in [-0.2, 0) is 9.47 Å². The molecule has 0 bridgehead atoms. The molecular weight excluding hydrogens is 326 g/mol. The minimum atomic E-state index is -1.81. The van der Waals surface area contributed by atoms with E-state index in [1.54, 1.807) is 13.8 Å². The zero-order chi connectivity index (χ0) is 17.9. The van der Waals surface area contributed by atoms with Gasteiger partial charge in [0.2, 0.25) is 18.7 Å². The number of amides is 2. The Morgan fingerprint density at radius 3 is 2.38 bits per heavy atom. The van der Waals surface area contributed by atoms with Gasteiger partial charge in [0, 0.05) is 25.2 Å². The molecule has 1 N–H and O–H groups in total. The summed E-state index contributed by atoms with van der Waals surface area (Å²) in [7, 11) is 0. The van der Waals surface area contributed by atoms with Gasteiger partial charge in [-0.05, 0) is 18.9 Å². The maximum atomic E-state index is 13.3. The zero-order valence-electron chi connectivity index (χ0n) is 13.4. The summed E-state index contributed by atoms with van der Waals surface area (Å²) in [6, 6.07) is 1.50. The summed E-state index contributed by atoms with van der Waals surface area (Å²) in [6.45, 7) is 3.45. The fraction of sp³-hybridized carbons (Fsp3) is 0.571. The van der Waals surface area contributed by atoms with Crippen LogP contribution in [0.3, 0.4) is 0 Å². The fourth-order valence-electron chi connectivity index (χ4n) is 1.56. The average Bonchev–Trinajstić information content (AvgIpc) is 3.00. The molecule has 2 atom stereocenters. The first-order valence-corrected chi connectivity index (χ1v) is 7.51. The minimum Gasteiger partial charge on any atom is -0.415 e. The van der Waals surface area contributed by atoms with Gasteiger partial charge in [0.15, 0.2) is 0 Å². The molecule has 2 amide bonds. The zero-order valence-corrected chi connectivity index (χ0v) is 13.4. The second-order valence-corrected chi connectivity index (χ2v) is 4.70. The Labute approximate surface area is 137 Å². The van der Waals surface area contributed by atoms with Crippen LogP contribution in [0.2, 0.25) is 0 Å². The molecule has 1 aromatic heterocycles. The Kier molecular flexibility index (Phi) is 8.37. The van der Waals surface area contributed by atoms with E-state index in [0.29, 0.717) is 12.8 Å². The Balaban J connectivity index is 2.76. The van der Waals surface area contributed by atoms with Crippen molar-refractivity contribution in [1.29, 1.82) is 0 Å². The topological polar surface area (TPSA) is 94.8 Å². The van der Waals surface area contributed by atoms with Gasteiger partial charge in [-0.3, -0.25) is 5.32 Å². The molecule has 0 saturated heterocycles. The molecule has 0 aliphatic carbocycles. The maximum Gasteiger partial charge on any atom is 0.439 e. The monoisotopic (exact) mass is 346 g/mol. The lowest BCUT2D eigenvalue weighted by molar-refractivity contribution is 0.0105. The summed E-state index contributed by atoms with van der Waals surface area (Å²) < 4.78 is 36.4. The second-order valence-electron chi connectivity index (χ2n) is 4.70. The molecule has 1 aromatic rings. The van der Waals surface area contributed by atoms with Crippen molar-refractivity contribution in [3.8, 4) is 0 Å². The number of hydrogen-bond donors (Lipinski definition) is 1. The van der Waals surface area contributed by atoms with Gasteiger partial charge < -0.3 is 9.47 Å². The Morgan fingerprint density at radius 2 is 1.83 bits per heavy atom. The number of aromatic nitrogens is 2. The van der Waals surface area contributed by atoms with E-state index in [-0.39, 0.29) is 12.8 Å². The van der Waals surface area contributed by atoms with Crippen molar-refractivity contribution in [2.75, 3.05) is 0 Å². The van der Waals surface area contributed by atoms with Crippen molar-refractivity contribution in [3.63, 3.8) is 0 Å². The van der Waals surface area contributed by atoms with E-state index < -0.39 is 30.9 Å². The molecule has 0 saturated carbocycles. The van der Waals surface area contributed by atoms with Crippen molar-refractivity contribution in [1.82, 2.24) is 15.1 Å². The van der Waals surface area contributed by atoms with Crippen LogP contribution >= 0.6 is 0 Å². The van der Waals surface area contributed by atoms with Gasteiger partial charge in [0.1, 0.15) is 0 Å². The number of hydrogen-bond acceptors (Lipinski definition) is 5. The van der Waals surface area contributed by atoms with Crippen molar-refractivity contribution < 1.29 is 27.8 Å². The largest absolute Gasteiger partial charge is 0.439 e. The fourth-order valence-corrected chi connectivity index (χ4v) is 1.56. The smallest absolute Gasteiger partial charge is 0.415 e. The lowest BCUT2D eigenvalue weighted by Crippen LogP contribution is -2.38. The van der Waals surface area contributed by atoms with Crippen molar-refractivity contribution >= 4 is 18.1 Å². The molecule has 8 nitrogen and oxygen atoms in total. The van der Waals surface area contributed by atoms with Gasteiger partial charge >= 0.3 is 12.2 Å². The van der Waals surface area contributed by atoms with E-state index in [4.69, 9.17) is 0 Å². The van der Waals surface area contributed by atoms with Crippen LogP contribution in [0.5, 0.6) is 0 Å². The van der Waals surface area contributed by atoms with E-state index in [1.807, 2.05) is 0 Å². The minimum absolute atomic E-state index is 0.0222. The van der Waals surface area contributed by atoms with E-state index >= 15 is 0 Å². The first-order valence-electron chi connectivity index (χ1n) is 7.51. The van der Waals surface area contributed by atoms with Crippen LogP contribution in [0.25, 0.3) is 0 Å². The molecule has 0 radical (unpaired) electrons. The number of alkyl carbamates (subject to hydrolysis) is 1. The quantitative estimate of drug-likeness (QED) is 0.631. The van der Waals surface area contributed by atoms with Crippen molar-refractivity contribution in [3.05, 3.63) is 18.5 Å². The number of nitrogens with one attached hydrogen (secondary N) is 1. The van der Waals surface area contributed by atoms with Gasteiger partial charge in [-0.25, -0.2) is 23.1 Å². The summed E-state index contributed by atoms with van der Waals surface area (Å²) in [5.74, 6) is -0.401. The van der Waals surface area contributed by atoms with Crippen LogP contribution in [0.1, 0.15) is 39.5 Å². The molecular formula is C14H20F2N4O4. The molecule has 0 aliphatic heterocycles. The third kappa shape index (κ3) is 7.16. The number of alkyl halides is 2. The van der Waals surface area contributed by atoms with Gasteiger partial charge in [-0.2, -0.15) is 5.10 Å². The van der Waals surface area contributed by atoms with Gasteiger partial charge in [0.05, 0.1) is 0 Å². The summed E-state index contributed by atoms with van der Waals surface area (Å²) in [5.41, 5.74) is 0. The van der Waals surface area contributed by atoms with E-state index in [1.165, 1.54) is 18.5 Å². The molecule has 0 aromatic carbocycles. The number of ether oxygens (including phenoxy) is 2. The van der Waals surface area contributed by atoms with Crippen LogP contribution in [0.4, 0.5) is 18.4 Å². The van der Waals surface area contributed by atoms with Gasteiger partial charge in [0.25, 0.3) is 0 Å². The number of carbonyl (C=O) groups excluding carboxylic acids is 2. The first kappa shape index (κ1) is 19.5. The Hall–Kier alpha value is -2.52. The van der Waals surface area contributed by atoms with Gasteiger partial charge in [-0.1, -0.05) is 13.8 Å². The first-order chi connectivity index (χ1) is 11.5. The summed E-state index contributed by atoms with van der Waals surface area (Å²) in [4.78, 5) is 26.6. The van der Waals surface area contributed by atoms with Crippen LogP contribution in [0, 0.1) is 0 Å². The van der Waals surface area contributed by atoms with Crippen LogP contribution < -0.4 is 5.32 Å². The predicted molar refractivity (Wildman–Crippen MR) is 80.8 cm³/mol. The molecule has 0 aliphatic rings. The molecule has 1 heterocycles. The van der Waals surface area contributed by atoms with Crippen molar-refractivity contribution in [2.45, 2.75) is 52.2 Å². The average molecular weight is 346 g/mol. The Bertz CT molecular complexity index is 551. The van der Waals surface area contributed by atoms with Crippen LogP contribution in [0.15, 0.2) is 23.5 Å². The highest BCUT2D eigenvalue weighted by molar-refractivity contribution is 5.99. The molecule has 0 fully saturated rings. The predicted octanol–water partition coefficient (Wildman–Crippen LogP) is 3.14.